The van der Waals surface area contributed by atoms with Crippen molar-refractivity contribution < 1.29 is 14.3 Å². The number of benzene rings is 2. The molecule has 1 aromatic heterocycles. The Bertz CT molecular complexity index is 1010. The third-order valence-electron chi connectivity index (χ3n) is 4.32. The van der Waals surface area contributed by atoms with E-state index in [-0.39, 0.29) is 5.91 Å². The maximum absolute atomic E-state index is 12.6. The average molecular weight is 375 g/mol. The Morgan fingerprint density at radius 1 is 0.893 bits per heavy atom. The first-order valence-corrected chi connectivity index (χ1v) is 9.09. The fraction of sp³-hybridized carbons (Fsp3) is 0.182. The van der Waals surface area contributed by atoms with Gasteiger partial charge in [-0.1, -0.05) is 6.07 Å². The number of carbonyl (C=O) groups is 1. The molecule has 0 fully saturated rings. The van der Waals surface area contributed by atoms with Gasteiger partial charge in [0.25, 0.3) is 5.91 Å². The number of aryl methyl sites for hydroxylation is 2. The van der Waals surface area contributed by atoms with Gasteiger partial charge in [-0.15, -0.1) is 0 Å². The van der Waals surface area contributed by atoms with E-state index in [0.717, 1.165) is 28.3 Å². The molecule has 0 saturated carbocycles. The van der Waals surface area contributed by atoms with Crippen molar-refractivity contribution in [3.63, 3.8) is 0 Å². The fourth-order valence-corrected chi connectivity index (χ4v) is 3.16. The minimum atomic E-state index is -0.183. The van der Waals surface area contributed by atoms with Crippen molar-refractivity contribution in [2.75, 3.05) is 23.8 Å². The van der Waals surface area contributed by atoms with Gasteiger partial charge >= 0.3 is 0 Å². The topological polar surface area (TPSA) is 72.5 Å². The molecule has 1 amide bonds. The maximum Gasteiger partial charge on any atom is 0.255 e. The summed E-state index contributed by atoms with van der Waals surface area (Å²) in [5.74, 6) is 1.81. The van der Waals surface area contributed by atoms with E-state index in [0.29, 0.717) is 30.3 Å². The lowest BCUT2D eigenvalue weighted by molar-refractivity contribution is 0.102. The molecule has 3 aromatic rings. The fourth-order valence-electron chi connectivity index (χ4n) is 3.16. The molecule has 2 N–H and O–H groups in total. The van der Waals surface area contributed by atoms with E-state index in [4.69, 9.17) is 9.47 Å². The van der Waals surface area contributed by atoms with Crippen LogP contribution >= 0.6 is 0 Å². The zero-order chi connectivity index (χ0) is 19.5. The SMILES string of the molecule is Cc1cc(C)cc(NC(=O)c2ccnc(Nc3ccc4c(c3)OCCO4)c2)c1. The van der Waals surface area contributed by atoms with E-state index < -0.39 is 0 Å². The van der Waals surface area contributed by atoms with E-state index in [1.165, 1.54) is 0 Å². The van der Waals surface area contributed by atoms with Crippen LogP contribution in [0, 0.1) is 13.8 Å². The van der Waals surface area contributed by atoms with Gasteiger partial charge in [0, 0.05) is 29.2 Å². The molecule has 0 saturated heterocycles. The summed E-state index contributed by atoms with van der Waals surface area (Å²) in [5, 5.41) is 6.15. The lowest BCUT2D eigenvalue weighted by atomic mass is 10.1. The summed E-state index contributed by atoms with van der Waals surface area (Å²) in [6.07, 6.45) is 1.61. The predicted octanol–water partition coefficient (Wildman–Crippen LogP) is 4.47. The summed E-state index contributed by atoms with van der Waals surface area (Å²) in [6.45, 7) is 5.09. The van der Waals surface area contributed by atoms with Crippen LogP contribution in [-0.4, -0.2) is 24.1 Å². The highest BCUT2D eigenvalue weighted by Crippen LogP contribution is 2.33. The summed E-state index contributed by atoms with van der Waals surface area (Å²) in [5.41, 5.74) is 4.32. The van der Waals surface area contributed by atoms with Crippen molar-refractivity contribution in [3.05, 3.63) is 71.4 Å². The Kier molecular flexibility index (Phi) is 4.85. The van der Waals surface area contributed by atoms with Crippen LogP contribution in [0.3, 0.4) is 0 Å². The largest absolute Gasteiger partial charge is 0.486 e. The van der Waals surface area contributed by atoms with Gasteiger partial charge in [0.1, 0.15) is 19.0 Å². The van der Waals surface area contributed by atoms with Crippen LogP contribution in [0.5, 0.6) is 11.5 Å². The molecule has 1 aliphatic rings. The molecule has 2 heterocycles. The van der Waals surface area contributed by atoms with Crippen molar-refractivity contribution in [2.45, 2.75) is 13.8 Å². The number of fused-ring (bicyclic) bond motifs is 1. The average Bonchev–Trinajstić information content (AvgIpc) is 2.67. The molecule has 0 atom stereocenters. The first-order chi connectivity index (χ1) is 13.6. The van der Waals surface area contributed by atoms with E-state index in [2.05, 4.69) is 21.7 Å². The van der Waals surface area contributed by atoms with Gasteiger partial charge in [-0.2, -0.15) is 0 Å². The number of amides is 1. The molecule has 0 unspecified atom stereocenters. The number of hydrogen-bond acceptors (Lipinski definition) is 5. The highest BCUT2D eigenvalue weighted by Gasteiger charge is 2.13. The zero-order valence-electron chi connectivity index (χ0n) is 15.8. The van der Waals surface area contributed by atoms with Gasteiger partial charge in [0.05, 0.1) is 0 Å². The molecule has 0 spiro atoms. The number of aromatic nitrogens is 1. The van der Waals surface area contributed by atoms with Crippen LogP contribution < -0.4 is 20.1 Å². The van der Waals surface area contributed by atoms with E-state index in [9.17, 15) is 4.79 Å². The van der Waals surface area contributed by atoms with Crippen LogP contribution in [-0.2, 0) is 0 Å². The minimum absolute atomic E-state index is 0.183. The van der Waals surface area contributed by atoms with Gasteiger partial charge in [0.2, 0.25) is 0 Å². The van der Waals surface area contributed by atoms with Gasteiger partial charge in [-0.3, -0.25) is 4.79 Å². The number of nitrogens with zero attached hydrogens (tertiary/aromatic N) is 1. The number of rotatable bonds is 4. The first kappa shape index (κ1) is 17.9. The summed E-state index contributed by atoms with van der Waals surface area (Å²) in [4.78, 5) is 16.9. The third-order valence-corrected chi connectivity index (χ3v) is 4.32. The third kappa shape index (κ3) is 4.06. The molecule has 28 heavy (non-hydrogen) atoms. The Morgan fingerprint density at radius 3 is 2.43 bits per heavy atom. The minimum Gasteiger partial charge on any atom is -0.486 e. The molecule has 6 nitrogen and oxygen atoms in total. The van der Waals surface area contributed by atoms with Crippen molar-refractivity contribution in [3.8, 4) is 11.5 Å². The van der Waals surface area contributed by atoms with Gasteiger partial charge < -0.3 is 20.1 Å². The normalized spacial score (nSPS) is 12.4. The molecule has 1 aliphatic heterocycles. The number of hydrogen-bond donors (Lipinski definition) is 2. The highest BCUT2D eigenvalue weighted by atomic mass is 16.6. The van der Waals surface area contributed by atoms with Gasteiger partial charge in [0.15, 0.2) is 11.5 Å². The summed E-state index contributed by atoms with van der Waals surface area (Å²) in [6, 6.07) is 15.0. The van der Waals surface area contributed by atoms with E-state index in [1.54, 1.807) is 18.3 Å². The standard InChI is InChI=1S/C22H21N3O3/c1-14-9-15(2)11-18(10-14)25-22(26)16-5-6-23-21(12-16)24-17-3-4-19-20(13-17)28-8-7-27-19/h3-6,9-13H,7-8H2,1-2H3,(H,23,24)(H,25,26). The molecule has 6 heteroatoms. The van der Waals surface area contributed by atoms with Crippen molar-refractivity contribution in [2.24, 2.45) is 0 Å². The summed E-state index contributed by atoms with van der Waals surface area (Å²) >= 11 is 0. The zero-order valence-corrected chi connectivity index (χ0v) is 15.8. The van der Waals surface area contributed by atoms with Crippen molar-refractivity contribution in [1.82, 2.24) is 4.98 Å². The van der Waals surface area contributed by atoms with Crippen LogP contribution in [0.1, 0.15) is 21.5 Å². The predicted molar refractivity (Wildman–Crippen MR) is 109 cm³/mol. The Morgan fingerprint density at radius 2 is 1.64 bits per heavy atom. The Labute approximate surface area is 163 Å². The molecular formula is C22H21N3O3. The molecule has 142 valence electrons. The van der Waals surface area contributed by atoms with E-state index >= 15 is 0 Å². The Hall–Kier alpha value is -3.54. The number of ether oxygens (including phenoxy) is 2. The van der Waals surface area contributed by atoms with Crippen LogP contribution in [0.25, 0.3) is 0 Å². The molecular weight excluding hydrogens is 354 g/mol. The second-order valence-corrected chi connectivity index (χ2v) is 6.74. The smallest absolute Gasteiger partial charge is 0.255 e. The summed E-state index contributed by atoms with van der Waals surface area (Å²) in [7, 11) is 0. The van der Waals surface area contributed by atoms with Crippen molar-refractivity contribution >= 4 is 23.1 Å². The maximum atomic E-state index is 12.6. The van der Waals surface area contributed by atoms with E-state index in [1.807, 2.05) is 44.2 Å². The number of nitrogens with one attached hydrogen (secondary N) is 2. The lowest BCUT2D eigenvalue weighted by Gasteiger charge is -2.19. The van der Waals surface area contributed by atoms with Gasteiger partial charge in [-0.25, -0.2) is 4.98 Å². The molecule has 0 aliphatic carbocycles. The van der Waals surface area contributed by atoms with Crippen LogP contribution in [0.2, 0.25) is 0 Å². The Balaban J connectivity index is 1.50. The van der Waals surface area contributed by atoms with Crippen molar-refractivity contribution in [1.29, 1.82) is 0 Å². The second-order valence-electron chi connectivity index (χ2n) is 6.74. The number of carbonyl (C=O) groups excluding carboxylic acids is 1. The number of pyridine rings is 1. The lowest BCUT2D eigenvalue weighted by Crippen LogP contribution is -2.15. The monoisotopic (exact) mass is 375 g/mol. The highest BCUT2D eigenvalue weighted by molar-refractivity contribution is 6.04. The number of anilines is 3. The van der Waals surface area contributed by atoms with Crippen LogP contribution in [0.4, 0.5) is 17.2 Å². The van der Waals surface area contributed by atoms with Gasteiger partial charge in [-0.05, 0) is 61.4 Å². The van der Waals surface area contributed by atoms with Crippen LogP contribution in [0.15, 0.2) is 54.7 Å². The molecule has 0 radical (unpaired) electrons. The quantitative estimate of drug-likeness (QED) is 0.704. The summed E-state index contributed by atoms with van der Waals surface area (Å²) < 4.78 is 11.1. The molecule has 2 aromatic carbocycles. The first-order valence-electron chi connectivity index (χ1n) is 9.09. The second kappa shape index (κ2) is 7.60. The molecule has 4 rings (SSSR count). The molecule has 0 bridgehead atoms.